The standard InChI is InChI=1S/C12H12N2O3S2/c1-17-11(16)5-8-7-19-12(13-8)14-10(15)6-9-3-2-4-18-9/h2-4,7H,5-6H2,1H3,(H,13,14,15). The molecule has 0 aliphatic heterocycles. The Balaban J connectivity index is 1.89. The molecular weight excluding hydrogens is 284 g/mol. The molecule has 0 saturated carbocycles. The molecule has 1 N–H and O–H groups in total. The molecule has 0 saturated heterocycles. The average molecular weight is 296 g/mol. The predicted molar refractivity (Wildman–Crippen MR) is 74.5 cm³/mol. The number of thiophene rings is 1. The van der Waals surface area contributed by atoms with Crippen molar-refractivity contribution in [2.45, 2.75) is 12.8 Å². The number of esters is 1. The zero-order chi connectivity index (χ0) is 13.7. The summed E-state index contributed by atoms with van der Waals surface area (Å²) in [6.45, 7) is 0. The number of carbonyl (C=O) groups excluding carboxylic acids is 2. The maximum Gasteiger partial charge on any atom is 0.311 e. The van der Waals surface area contributed by atoms with Crippen LogP contribution in [-0.2, 0) is 27.2 Å². The van der Waals surface area contributed by atoms with Crippen molar-refractivity contribution in [3.8, 4) is 0 Å². The third-order valence-corrected chi connectivity index (χ3v) is 3.95. The summed E-state index contributed by atoms with van der Waals surface area (Å²) in [7, 11) is 1.33. The molecular formula is C12H12N2O3S2. The number of nitrogens with zero attached hydrogens (tertiary/aromatic N) is 1. The molecule has 2 aromatic rings. The highest BCUT2D eigenvalue weighted by molar-refractivity contribution is 7.14. The number of amides is 1. The molecule has 2 heterocycles. The fraction of sp³-hybridized carbons (Fsp3) is 0.250. The number of aromatic nitrogens is 1. The van der Waals surface area contributed by atoms with Crippen LogP contribution in [0.4, 0.5) is 5.13 Å². The second-order valence-electron chi connectivity index (χ2n) is 3.70. The number of anilines is 1. The summed E-state index contributed by atoms with van der Waals surface area (Å²) in [4.78, 5) is 28.0. The van der Waals surface area contributed by atoms with Gasteiger partial charge in [0, 0.05) is 10.3 Å². The van der Waals surface area contributed by atoms with Crippen molar-refractivity contribution < 1.29 is 14.3 Å². The van der Waals surface area contributed by atoms with Crippen LogP contribution in [0, 0.1) is 0 Å². The van der Waals surface area contributed by atoms with Gasteiger partial charge in [-0.25, -0.2) is 4.98 Å². The number of hydrogen-bond donors (Lipinski definition) is 1. The molecule has 0 unspecified atom stereocenters. The topological polar surface area (TPSA) is 68.3 Å². The van der Waals surface area contributed by atoms with E-state index >= 15 is 0 Å². The van der Waals surface area contributed by atoms with Crippen LogP contribution in [0.2, 0.25) is 0 Å². The van der Waals surface area contributed by atoms with E-state index in [-0.39, 0.29) is 18.3 Å². The Morgan fingerprint density at radius 1 is 1.37 bits per heavy atom. The highest BCUT2D eigenvalue weighted by atomic mass is 32.1. The van der Waals surface area contributed by atoms with E-state index in [2.05, 4.69) is 15.0 Å². The Morgan fingerprint density at radius 3 is 2.89 bits per heavy atom. The zero-order valence-electron chi connectivity index (χ0n) is 10.2. The summed E-state index contributed by atoms with van der Waals surface area (Å²) in [6.07, 6.45) is 0.456. The molecule has 19 heavy (non-hydrogen) atoms. The molecule has 0 aliphatic carbocycles. The Labute approximate surface area is 118 Å². The Hall–Kier alpha value is -1.73. The van der Waals surface area contributed by atoms with Crippen molar-refractivity contribution in [1.82, 2.24) is 4.98 Å². The number of nitrogens with one attached hydrogen (secondary N) is 1. The first kappa shape index (κ1) is 13.7. The second-order valence-corrected chi connectivity index (χ2v) is 5.59. The van der Waals surface area contributed by atoms with Gasteiger partial charge in [0.25, 0.3) is 0 Å². The van der Waals surface area contributed by atoms with Crippen molar-refractivity contribution in [2.24, 2.45) is 0 Å². The van der Waals surface area contributed by atoms with Crippen molar-refractivity contribution in [3.05, 3.63) is 33.5 Å². The summed E-state index contributed by atoms with van der Waals surface area (Å²) >= 11 is 2.83. The number of methoxy groups -OCH3 is 1. The van der Waals surface area contributed by atoms with E-state index in [9.17, 15) is 9.59 Å². The molecule has 2 aromatic heterocycles. The van der Waals surface area contributed by atoms with Crippen LogP contribution in [0.1, 0.15) is 10.6 Å². The Morgan fingerprint density at radius 2 is 2.21 bits per heavy atom. The summed E-state index contributed by atoms with van der Waals surface area (Å²) < 4.78 is 4.55. The van der Waals surface area contributed by atoms with Crippen LogP contribution < -0.4 is 5.32 Å². The van der Waals surface area contributed by atoms with Crippen molar-refractivity contribution in [2.75, 3.05) is 12.4 Å². The summed E-state index contributed by atoms with van der Waals surface area (Å²) in [5.74, 6) is -0.455. The van der Waals surface area contributed by atoms with Crippen molar-refractivity contribution in [1.29, 1.82) is 0 Å². The van der Waals surface area contributed by atoms with E-state index in [1.807, 2.05) is 17.5 Å². The lowest BCUT2D eigenvalue weighted by atomic mass is 10.3. The van der Waals surface area contributed by atoms with E-state index in [4.69, 9.17) is 0 Å². The van der Waals surface area contributed by atoms with Gasteiger partial charge in [-0.05, 0) is 11.4 Å². The normalized spacial score (nSPS) is 10.2. The van der Waals surface area contributed by atoms with Gasteiger partial charge in [0.1, 0.15) is 0 Å². The highest BCUT2D eigenvalue weighted by Crippen LogP contribution is 2.17. The smallest absolute Gasteiger partial charge is 0.311 e. The quantitative estimate of drug-likeness (QED) is 0.858. The fourth-order valence-electron chi connectivity index (χ4n) is 1.40. The van der Waals surface area contributed by atoms with E-state index in [0.717, 1.165) is 4.88 Å². The van der Waals surface area contributed by atoms with Crippen LogP contribution in [-0.4, -0.2) is 24.0 Å². The van der Waals surface area contributed by atoms with Crippen LogP contribution >= 0.6 is 22.7 Å². The third kappa shape index (κ3) is 4.15. The first-order valence-electron chi connectivity index (χ1n) is 5.51. The Kier molecular flexibility index (Phi) is 4.64. The second kappa shape index (κ2) is 6.44. The minimum Gasteiger partial charge on any atom is -0.469 e. The van der Waals surface area contributed by atoms with Gasteiger partial charge in [-0.3, -0.25) is 9.59 Å². The van der Waals surface area contributed by atoms with Gasteiger partial charge in [-0.2, -0.15) is 0 Å². The molecule has 0 radical (unpaired) electrons. The van der Waals surface area contributed by atoms with E-state index in [0.29, 0.717) is 17.2 Å². The maximum atomic E-state index is 11.7. The lowest BCUT2D eigenvalue weighted by Gasteiger charge is -1.99. The third-order valence-electron chi connectivity index (χ3n) is 2.27. The van der Waals surface area contributed by atoms with Crippen LogP contribution in [0.5, 0.6) is 0 Å². The van der Waals surface area contributed by atoms with E-state index in [1.54, 1.807) is 5.38 Å². The molecule has 5 nitrogen and oxygen atoms in total. The SMILES string of the molecule is COC(=O)Cc1csc(NC(=O)Cc2cccs2)n1. The van der Waals surface area contributed by atoms with Crippen molar-refractivity contribution >= 4 is 39.7 Å². The number of thiazole rings is 1. The molecule has 100 valence electrons. The summed E-state index contributed by atoms with van der Waals surface area (Å²) in [6, 6.07) is 3.82. The van der Waals surface area contributed by atoms with Crippen LogP contribution in [0.3, 0.4) is 0 Å². The monoisotopic (exact) mass is 296 g/mol. The average Bonchev–Trinajstić information content (AvgIpc) is 3.01. The largest absolute Gasteiger partial charge is 0.469 e. The molecule has 0 aliphatic rings. The van der Waals surface area contributed by atoms with Gasteiger partial charge >= 0.3 is 5.97 Å². The minimum atomic E-state index is -0.346. The van der Waals surface area contributed by atoms with Gasteiger partial charge in [-0.1, -0.05) is 6.07 Å². The molecule has 0 aromatic carbocycles. The lowest BCUT2D eigenvalue weighted by molar-refractivity contribution is -0.139. The van der Waals surface area contributed by atoms with Crippen LogP contribution in [0.25, 0.3) is 0 Å². The highest BCUT2D eigenvalue weighted by Gasteiger charge is 2.10. The zero-order valence-corrected chi connectivity index (χ0v) is 11.8. The predicted octanol–water partition coefficient (Wildman–Crippen LogP) is 2.10. The fourth-order valence-corrected chi connectivity index (χ4v) is 2.83. The first-order valence-corrected chi connectivity index (χ1v) is 7.27. The molecule has 0 bridgehead atoms. The molecule has 0 fully saturated rings. The summed E-state index contributed by atoms with van der Waals surface area (Å²) in [5.41, 5.74) is 0.600. The van der Waals surface area contributed by atoms with Gasteiger partial charge < -0.3 is 10.1 Å². The lowest BCUT2D eigenvalue weighted by Crippen LogP contribution is -2.13. The van der Waals surface area contributed by atoms with Gasteiger partial charge in [0.05, 0.1) is 25.6 Å². The van der Waals surface area contributed by atoms with Crippen molar-refractivity contribution in [3.63, 3.8) is 0 Å². The van der Waals surface area contributed by atoms with Crippen LogP contribution in [0.15, 0.2) is 22.9 Å². The molecule has 0 spiro atoms. The number of carbonyl (C=O) groups is 2. The Bertz CT molecular complexity index is 563. The number of ether oxygens (including phenoxy) is 1. The van der Waals surface area contributed by atoms with Gasteiger partial charge in [-0.15, -0.1) is 22.7 Å². The van der Waals surface area contributed by atoms with E-state index in [1.165, 1.54) is 29.8 Å². The number of rotatable bonds is 5. The van der Waals surface area contributed by atoms with E-state index < -0.39 is 0 Å². The maximum absolute atomic E-state index is 11.7. The molecule has 7 heteroatoms. The van der Waals surface area contributed by atoms with Gasteiger partial charge in [0.2, 0.25) is 5.91 Å². The molecule has 1 amide bonds. The molecule has 0 atom stereocenters. The molecule has 2 rings (SSSR count). The summed E-state index contributed by atoms with van der Waals surface area (Å²) in [5, 5.41) is 6.88. The minimum absolute atomic E-state index is 0.110. The van der Waals surface area contributed by atoms with Gasteiger partial charge in [0.15, 0.2) is 5.13 Å². The first-order chi connectivity index (χ1) is 9.17. The number of hydrogen-bond acceptors (Lipinski definition) is 6.